The van der Waals surface area contributed by atoms with Crippen LogP contribution in [0.2, 0.25) is 0 Å². The van der Waals surface area contributed by atoms with Gasteiger partial charge < -0.3 is 5.32 Å². The smallest absolute Gasteiger partial charge is 0.268 e. The fourth-order valence-corrected chi connectivity index (χ4v) is 2.42. The molecular weight excluding hydrogens is 248 g/mol. The first-order valence-corrected chi connectivity index (χ1v) is 6.75. The molecule has 0 bridgehead atoms. The number of aryl methyl sites for hydroxylation is 3. The molecule has 0 atom stereocenters. The fourth-order valence-electron chi connectivity index (χ4n) is 1.72. The highest BCUT2D eigenvalue weighted by molar-refractivity contribution is 7.12. The molecule has 0 aromatic carbocycles. The highest BCUT2D eigenvalue weighted by atomic mass is 32.1. The lowest BCUT2D eigenvalue weighted by atomic mass is 10.3. The molecule has 5 nitrogen and oxygen atoms in total. The molecule has 1 N–H and O–H groups in total. The Morgan fingerprint density at radius 2 is 2.28 bits per heavy atom. The molecule has 0 spiro atoms. The summed E-state index contributed by atoms with van der Waals surface area (Å²) < 4.78 is 1.82. The van der Waals surface area contributed by atoms with Gasteiger partial charge in [-0.15, -0.1) is 11.3 Å². The molecule has 0 fully saturated rings. The molecule has 0 aliphatic carbocycles. The van der Waals surface area contributed by atoms with Gasteiger partial charge in [0.1, 0.15) is 10.7 Å². The van der Waals surface area contributed by atoms with Gasteiger partial charge in [-0.3, -0.25) is 4.79 Å². The minimum atomic E-state index is -0.118. The van der Waals surface area contributed by atoms with E-state index in [4.69, 9.17) is 0 Å². The van der Waals surface area contributed by atoms with E-state index in [0.717, 1.165) is 30.2 Å². The molecule has 6 heteroatoms. The quantitative estimate of drug-likeness (QED) is 0.923. The highest BCUT2D eigenvalue weighted by Crippen LogP contribution is 2.16. The first-order chi connectivity index (χ1) is 8.61. The number of carbonyl (C=O) groups is 1. The molecule has 0 saturated heterocycles. The van der Waals surface area contributed by atoms with Crippen molar-refractivity contribution in [2.24, 2.45) is 0 Å². The van der Waals surface area contributed by atoms with Gasteiger partial charge in [0.15, 0.2) is 0 Å². The molecule has 96 valence electrons. The minimum absolute atomic E-state index is 0.118. The fraction of sp³-hybridized carbons (Fsp3) is 0.417. The molecule has 2 rings (SSSR count). The lowest BCUT2D eigenvalue weighted by Crippen LogP contribution is -2.15. The first kappa shape index (κ1) is 12.8. The number of aromatic nitrogens is 3. The molecule has 0 saturated carbocycles. The van der Waals surface area contributed by atoms with Gasteiger partial charge in [0.2, 0.25) is 0 Å². The van der Waals surface area contributed by atoms with Gasteiger partial charge in [0.25, 0.3) is 5.91 Å². The van der Waals surface area contributed by atoms with Gasteiger partial charge in [0, 0.05) is 12.6 Å². The van der Waals surface area contributed by atoms with Crippen LogP contribution in [0.25, 0.3) is 0 Å². The summed E-state index contributed by atoms with van der Waals surface area (Å²) in [4.78, 5) is 16.8. The number of amides is 1. The Balaban J connectivity index is 2.19. The minimum Gasteiger partial charge on any atom is -0.306 e. The van der Waals surface area contributed by atoms with E-state index in [0.29, 0.717) is 4.88 Å². The second-order valence-corrected chi connectivity index (χ2v) is 4.97. The summed E-state index contributed by atoms with van der Waals surface area (Å²) in [6.07, 6.45) is 0.976. The second-order valence-electron chi connectivity index (χ2n) is 4.12. The normalized spacial score (nSPS) is 10.6. The molecule has 2 aromatic heterocycles. The van der Waals surface area contributed by atoms with Gasteiger partial charge in [0.05, 0.1) is 16.9 Å². The first-order valence-electron chi connectivity index (χ1n) is 5.87. The van der Waals surface area contributed by atoms with Gasteiger partial charge in [-0.05, 0) is 20.3 Å². The van der Waals surface area contributed by atoms with Crippen molar-refractivity contribution in [2.75, 3.05) is 5.32 Å². The number of hydrogen-bond donors (Lipinski definition) is 1. The van der Waals surface area contributed by atoms with E-state index in [-0.39, 0.29) is 5.91 Å². The Kier molecular flexibility index (Phi) is 3.76. The van der Waals surface area contributed by atoms with Crippen molar-refractivity contribution in [3.05, 3.63) is 27.8 Å². The summed E-state index contributed by atoms with van der Waals surface area (Å²) in [6.45, 7) is 6.63. The molecule has 18 heavy (non-hydrogen) atoms. The molecule has 0 aliphatic heterocycles. The van der Waals surface area contributed by atoms with Crippen LogP contribution in [0, 0.1) is 13.8 Å². The van der Waals surface area contributed by atoms with Crippen LogP contribution >= 0.6 is 11.3 Å². The number of nitrogens with one attached hydrogen (secondary N) is 1. The Bertz CT molecular complexity index is 558. The van der Waals surface area contributed by atoms with Gasteiger partial charge in [-0.25, -0.2) is 9.67 Å². The third-order valence-corrected chi connectivity index (χ3v) is 3.46. The Morgan fingerprint density at radius 1 is 1.50 bits per heavy atom. The van der Waals surface area contributed by atoms with E-state index in [2.05, 4.69) is 22.3 Å². The maximum atomic E-state index is 12.1. The number of hydrogen-bond acceptors (Lipinski definition) is 4. The highest BCUT2D eigenvalue weighted by Gasteiger charge is 2.14. The molecule has 0 aliphatic rings. The second kappa shape index (κ2) is 5.30. The summed E-state index contributed by atoms with van der Waals surface area (Å²) in [5, 5.41) is 7.24. The van der Waals surface area contributed by atoms with E-state index in [9.17, 15) is 4.79 Å². The number of nitrogens with zero attached hydrogens (tertiary/aromatic N) is 3. The van der Waals surface area contributed by atoms with Crippen LogP contribution < -0.4 is 5.32 Å². The largest absolute Gasteiger partial charge is 0.306 e. The average Bonchev–Trinajstić information content (AvgIpc) is 2.86. The summed E-state index contributed by atoms with van der Waals surface area (Å²) in [5.74, 6) is 0.624. The molecule has 2 heterocycles. The topological polar surface area (TPSA) is 59.8 Å². The van der Waals surface area contributed by atoms with Gasteiger partial charge in [-0.1, -0.05) is 6.92 Å². The predicted octanol–water partition coefficient (Wildman–Crippen LogP) is 2.62. The number of thiazole rings is 1. The van der Waals surface area contributed by atoms with Crippen LogP contribution in [0.3, 0.4) is 0 Å². The average molecular weight is 264 g/mol. The summed E-state index contributed by atoms with van der Waals surface area (Å²) >= 11 is 1.35. The summed E-state index contributed by atoms with van der Waals surface area (Å²) in [6, 6.07) is 1.88. The lowest BCUT2D eigenvalue weighted by molar-refractivity contribution is 0.102. The third kappa shape index (κ3) is 2.59. The molecule has 1 amide bonds. The zero-order valence-corrected chi connectivity index (χ0v) is 11.5. The predicted molar refractivity (Wildman–Crippen MR) is 72.1 cm³/mol. The molecule has 0 unspecified atom stereocenters. The van der Waals surface area contributed by atoms with Crippen LogP contribution in [0.4, 0.5) is 5.82 Å². The number of carbonyl (C=O) groups excluding carboxylic acids is 1. The van der Waals surface area contributed by atoms with Gasteiger partial charge in [-0.2, -0.15) is 5.10 Å². The van der Waals surface area contributed by atoms with Crippen LogP contribution in [0.15, 0.2) is 11.6 Å². The van der Waals surface area contributed by atoms with Crippen molar-refractivity contribution in [2.45, 2.75) is 33.7 Å². The van der Waals surface area contributed by atoms with Crippen LogP contribution in [0.1, 0.15) is 34.4 Å². The summed E-state index contributed by atoms with van der Waals surface area (Å²) in [7, 11) is 0. The van der Waals surface area contributed by atoms with E-state index < -0.39 is 0 Å². The van der Waals surface area contributed by atoms with Crippen molar-refractivity contribution in [1.82, 2.24) is 14.8 Å². The van der Waals surface area contributed by atoms with Crippen molar-refractivity contribution in [1.29, 1.82) is 0 Å². The van der Waals surface area contributed by atoms with E-state index in [1.165, 1.54) is 11.3 Å². The number of anilines is 1. The zero-order valence-electron chi connectivity index (χ0n) is 10.7. The van der Waals surface area contributed by atoms with E-state index >= 15 is 0 Å². The maximum absolute atomic E-state index is 12.1. The number of rotatable bonds is 4. The Labute approximate surface area is 110 Å². The van der Waals surface area contributed by atoms with Crippen LogP contribution in [0.5, 0.6) is 0 Å². The Morgan fingerprint density at radius 3 is 2.89 bits per heavy atom. The third-order valence-electron chi connectivity index (χ3n) is 2.53. The molecule has 0 radical (unpaired) electrons. The van der Waals surface area contributed by atoms with E-state index in [1.807, 2.05) is 24.6 Å². The SMILES string of the molecule is CCCn1nc(C)cc1NC(=O)c1scnc1C. The monoisotopic (exact) mass is 264 g/mol. The molecule has 2 aromatic rings. The van der Waals surface area contributed by atoms with Crippen molar-refractivity contribution >= 4 is 23.1 Å². The van der Waals surface area contributed by atoms with Crippen LogP contribution in [-0.4, -0.2) is 20.7 Å². The lowest BCUT2D eigenvalue weighted by Gasteiger charge is -2.07. The maximum Gasteiger partial charge on any atom is 0.268 e. The Hall–Kier alpha value is -1.69. The van der Waals surface area contributed by atoms with Crippen molar-refractivity contribution in [3.8, 4) is 0 Å². The van der Waals surface area contributed by atoms with Gasteiger partial charge >= 0.3 is 0 Å². The van der Waals surface area contributed by atoms with Crippen molar-refractivity contribution in [3.63, 3.8) is 0 Å². The van der Waals surface area contributed by atoms with E-state index in [1.54, 1.807) is 5.51 Å². The summed E-state index contributed by atoms with van der Waals surface area (Å²) in [5.41, 5.74) is 3.34. The molecular formula is C12H16N4OS. The zero-order chi connectivity index (χ0) is 13.1. The van der Waals surface area contributed by atoms with Crippen LogP contribution in [-0.2, 0) is 6.54 Å². The standard InChI is InChI=1S/C12H16N4OS/c1-4-5-16-10(6-8(2)15-16)14-12(17)11-9(3)13-7-18-11/h6-7H,4-5H2,1-3H3,(H,14,17). The van der Waals surface area contributed by atoms with Crippen molar-refractivity contribution < 1.29 is 4.79 Å².